The lowest BCUT2D eigenvalue weighted by Gasteiger charge is -2.28. The van der Waals surface area contributed by atoms with Crippen molar-refractivity contribution < 1.29 is 4.79 Å². The van der Waals surface area contributed by atoms with E-state index in [0.29, 0.717) is 6.04 Å². The molecule has 2 aliphatic rings. The van der Waals surface area contributed by atoms with Crippen LogP contribution in [0.25, 0.3) is 0 Å². The van der Waals surface area contributed by atoms with E-state index in [1.807, 2.05) is 6.92 Å². The lowest BCUT2D eigenvalue weighted by molar-refractivity contribution is -0.122. The Kier molecular flexibility index (Phi) is 3.26. The van der Waals surface area contributed by atoms with Crippen molar-refractivity contribution in [1.29, 1.82) is 0 Å². The molecular weight excluding hydrogens is 190 g/mol. The molecule has 1 amide bonds. The van der Waals surface area contributed by atoms with Gasteiger partial charge in [-0.3, -0.25) is 14.6 Å². The van der Waals surface area contributed by atoms with E-state index in [4.69, 9.17) is 5.73 Å². The second-order valence-electron chi connectivity index (χ2n) is 4.76. The van der Waals surface area contributed by atoms with Gasteiger partial charge in [0.2, 0.25) is 5.91 Å². The maximum atomic E-state index is 11.2. The lowest BCUT2D eigenvalue weighted by Crippen LogP contribution is -2.46. The molecule has 2 atom stereocenters. The third kappa shape index (κ3) is 2.32. The Morgan fingerprint density at radius 3 is 2.80 bits per heavy atom. The van der Waals surface area contributed by atoms with Gasteiger partial charge in [0.1, 0.15) is 0 Å². The number of hydrogen-bond acceptors (Lipinski definition) is 3. The van der Waals surface area contributed by atoms with Crippen LogP contribution in [0.4, 0.5) is 0 Å². The Morgan fingerprint density at radius 1 is 1.33 bits per heavy atom. The molecule has 2 heterocycles. The van der Waals surface area contributed by atoms with Crippen LogP contribution < -0.4 is 5.73 Å². The fourth-order valence-electron chi connectivity index (χ4n) is 2.77. The predicted molar refractivity (Wildman–Crippen MR) is 59.4 cm³/mol. The smallest absolute Gasteiger partial charge is 0.234 e. The fraction of sp³-hybridized carbons (Fsp3) is 0.909. The van der Waals surface area contributed by atoms with Crippen LogP contribution in [0, 0.1) is 0 Å². The number of carbonyl (C=O) groups is 1. The Bertz CT molecular complexity index is 244. The van der Waals surface area contributed by atoms with Crippen molar-refractivity contribution in [2.45, 2.75) is 38.3 Å². The minimum Gasteiger partial charge on any atom is -0.368 e. The Morgan fingerprint density at radius 2 is 2.07 bits per heavy atom. The zero-order valence-electron chi connectivity index (χ0n) is 9.48. The van der Waals surface area contributed by atoms with Crippen molar-refractivity contribution >= 4 is 5.91 Å². The molecule has 2 rings (SSSR count). The molecule has 0 aromatic rings. The number of nitrogens with two attached hydrogens (primary N) is 1. The van der Waals surface area contributed by atoms with Gasteiger partial charge in [-0.05, 0) is 39.3 Å². The van der Waals surface area contributed by atoms with E-state index >= 15 is 0 Å². The first-order valence-corrected chi connectivity index (χ1v) is 5.96. The van der Waals surface area contributed by atoms with Crippen molar-refractivity contribution in [3.63, 3.8) is 0 Å². The average molecular weight is 211 g/mol. The summed E-state index contributed by atoms with van der Waals surface area (Å²) in [5, 5.41) is 0. The number of primary amides is 1. The molecule has 0 spiro atoms. The van der Waals surface area contributed by atoms with E-state index in [1.54, 1.807) is 0 Å². The lowest BCUT2D eigenvalue weighted by atomic mass is 10.2. The largest absolute Gasteiger partial charge is 0.368 e. The molecule has 15 heavy (non-hydrogen) atoms. The van der Waals surface area contributed by atoms with Crippen molar-refractivity contribution in [1.82, 2.24) is 9.80 Å². The van der Waals surface area contributed by atoms with Crippen molar-refractivity contribution in [2.75, 3.05) is 26.2 Å². The molecule has 0 saturated carbocycles. The Labute approximate surface area is 91.4 Å². The number of hydrogen-bond donors (Lipinski definition) is 1. The molecular formula is C11H21N3O. The Hall–Kier alpha value is -0.610. The van der Waals surface area contributed by atoms with Crippen LogP contribution in [-0.2, 0) is 4.79 Å². The summed E-state index contributed by atoms with van der Waals surface area (Å²) < 4.78 is 0. The number of fused-ring (bicyclic) bond motifs is 1. The maximum absolute atomic E-state index is 11.2. The molecule has 4 nitrogen and oxygen atoms in total. The van der Waals surface area contributed by atoms with Crippen molar-refractivity contribution in [2.24, 2.45) is 5.73 Å². The molecule has 0 aliphatic carbocycles. The van der Waals surface area contributed by atoms with Gasteiger partial charge in [-0.2, -0.15) is 0 Å². The van der Waals surface area contributed by atoms with E-state index in [9.17, 15) is 4.79 Å². The van der Waals surface area contributed by atoms with Crippen LogP contribution in [0.3, 0.4) is 0 Å². The van der Waals surface area contributed by atoms with Crippen molar-refractivity contribution in [3.05, 3.63) is 0 Å². The normalized spacial score (nSPS) is 30.9. The SMILES string of the molecule is CC(C(N)=O)N1CCCN2CCCC2C1. The average Bonchev–Trinajstić information content (AvgIpc) is 2.54. The standard InChI is InChI=1S/C11H21N3O/c1-9(11(12)15)14-7-3-6-13-5-2-4-10(13)8-14/h9-10H,2-8H2,1H3,(H2,12,15). The molecule has 0 radical (unpaired) electrons. The number of rotatable bonds is 2. The first-order valence-electron chi connectivity index (χ1n) is 5.96. The van der Waals surface area contributed by atoms with E-state index < -0.39 is 0 Å². The van der Waals surface area contributed by atoms with Gasteiger partial charge in [-0.25, -0.2) is 0 Å². The molecule has 86 valence electrons. The monoisotopic (exact) mass is 211 g/mol. The Balaban J connectivity index is 1.99. The van der Waals surface area contributed by atoms with Gasteiger partial charge < -0.3 is 5.73 Å². The fourth-order valence-corrected chi connectivity index (χ4v) is 2.77. The molecule has 0 aromatic carbocycles. The summed E-state index contributed by atoms with van der Waals surface area (Å²) in [7, 11) is 0. The zero-order chi connectivity index (χ0) is 10.8. The van der Waals surface area contributed by atoms with Gasteiger partial charge in [0.15, 0.2) is 0 Å². The van der Waals surface area contributed by atoms with Crippen LogP contribution >= 0.6 is 0 Å². The van der Waals surface area contributed by atoms with Crippen LogP contribution in [0.2, 0.25) is 0 Å². The highest BCUT2D eigenvalue weighted by atomic mass is 16.1. The highest BCUT2D eigenvalue weighted by molar-refractivity contribution is 5.79. The van der Waals surface area contributed by atoms with Gasteiger partial charge in [0.05, 0.1) is 6.04 Å². The quantitative estimate of drug-likeness (QED) is 0.701. The third-order valence-corrected chi connectivity index (χ3v) is 3.79. The van der Waals surface area contributed by atoms with Gasteiger partial charge in [-0.15, -0.1) is 0 Å². The van der Waals surface area contributed by atoms with Gasteiger partial charge in [0, 0.05) is 19.1 Å². The summed E-state index contributed by atoms with van der Waals surface area (Å²) in [6.07, 6.45) is 3.75. The van der Waals surface area contributed by atoms with E-state index in [0.717, 1.165) is 19.5 Å². The summed E-state index contributed by atoms with van der Waals surface area (Å²) in [5.41, 5.74) is 5.36. The molecule has 0 bridgehead atoms. The molecule has 4 heteroatoms. The van der Waals surface area contributed by atoms with Crippen molar-refractivity contribution in [3.8, 4) is 0 Å². The zero-order valence-corrected chi connectivity index (χ0v) is 9.48. The number of carbonyl (C=O) groups excluding carboxylic acids is 1. The predicted octanol–water partition coefficient (Wildman–Crippen LogP) is 0.0303. The summed E-state index contributed by atoms with van der Waals surface area (Å²) in [5.74, 6) is -0.193. The second-order valence-corrected chi connectivity index (χ2v) is 4.76. The van der Waals surface area contributed by atoms with Gasteiger partial charge in [0.25, 0.3) is 0 Å². The minimum atomic E-state index is -0.193. The number of nitrogens with zero attached hydrogens (tertiary/aromatic N) is 2. The van der Waals surface area contributed by atoms with E-state index in [-0.39, 0.29) is 11.9 Å². The summed E-state index contributed by atoms with van der Waals surface area (Å²) in [6.45, 7) is 6.38. The molecule has 2 fully saturated rings. The molecule has 2 saturated heterocycles. The van der Waals surface area contributed by atoms with Crippen LogP contribution in [-0.4, -0.2) is 54.0 Å². The molecule has 2 unspecified atom stereocenters. The third-order valence-electron chi connectivity index (χ3n) is 3.79. The molecule has 2 aliphatic heterocycles. The summed E-state index contributed by atoms with van der Waals surface area (Å²) in [6, 6.07) is 0.555. The maximum Gasteiger partial charge on any atom is 0.234 e. The first kappa shape index (κ1) is 10.9. The summed E-state index contributed by atoms with van der Waals surface area (Å²) >= 11 is 0. The molecule has 2 N–H and O–H groups in total. The van der Waals surface area contributed by atoms with Gasteiger partial charge in [-0.1, -0.05) is 0 Å². The highest BCUT2D eigenvalue weighted by Crippen LogP contribution is 2.22. The number of amides is 1. The highest BCUT2D eigenvalue weighted by Gasteiger charge is 2.31. The minimum absolute atomic E-state index is 0.106. The van der Waals surface area contributed by atoms with E-state index in [2.05, 4.69) is 9.80 Å². The second kappa shape index (κ2) is 4.49. The van der Waals surface area contributed by atoms with Crippen LogP contribution in [0.1, 0.15) is 26.2 Å². The van der Waals surface area contributed by atoms with E-state index in [1.165, 1.54) is 25.9 Å². The topological polar surface area (TPSA) is 49.6 Å². The van der Waals surface area contributed by atoms with Crippen LogP contribution in [0.15, 0.2) is 0 Å². The van der Waals surface area contributed by atoms with Gasteiger partial charge >= 0.3 is 0 Å². The first-order chi connectivity index (χ1) is 7.18. The van der Waals surface area contributed by atoms with Crippen LogP contribution in [0.5, 0.6) is 0 Å². The summed E-state index contributed by atoms with van der Waals surface area (Å²) in [4.78, 5) is 16.0. The molecule has 0 aromatic heterocycles.